The third-order valence-corrected chi connectivity index (χ3v) is 5.73. The van der Waals surface area contributed by atoms with Crippen LogP contribution in [0.15, 0.2) is 53.5 Å². The number of rotatable bonds is 5. The first kappa shape index (κ1) is 18.2. The Hall–Kier alpha value is -3.19. The fraction of sp³-hybridized carbons (Fsp3) is 0.190. The Morgan fingerprint density at radius 2 is 2.14 bits per heavy atom. The van der Waals surface area contributed by atoms with Crippen molar-refractivity contribution in [2.45, 2.75) is 20.0 Å². The van der Waals surface area contributed by atoms with E-state index in [0.29, 0.717) is 18.7 Å². The van der Waals surface area contributed by atoms with Crippen LogP contribution < -0.4 is 5.69 Å². The molecular formula is C21H20N4O2S. The number of thiophene rings is 1. The zero-order valence-corrected chi connectivity index (χ0v) is 16.5. The van der Waals surface area contributed by atoms with Gasteiger partial charge in [0.25, 0.3) is 0 Å². The highest BCUT2D eigenvalue weighted by Crippen LogP contribution is 2.26. The average molecular weight is 392 g/mol. The monoisotopic (exact) mass is 392 g/mol. The summed E-state index contributed by atoms with van der Waals surface area (Å²) in [6.45, 7) is 3.03. The summed E-state index contributed by atoms with van der Waals surface area (Å²) < 4.78 is 2.84. The van der Waals surface area contributed by atoms with Gasteiger partial charge in [0.15, 0.2) is 5.65 Å². The summed E-state index contributed by atoms with van der Waals surface area (Å²) in [7, 11) is 1.79. The van der Waals surface area contributed by atoms with Gasteiger partial charge in [0, 0.05) is 35.4 Å². The lowest BCUT2D eigenvalue weighted by Gasteiger charge is -2.13. The van der Waals surface area contributed by atoms with Crippen molar-refractivity contribution in [2.24, 2.45) is 0 Å². The zero-order chi connectivity index (χ0) is 19.7. The molecule has 0 bridgehead atoms. The van der Waals surface area contributed by atoms with Crippen molar-refractivity contribution in [3.63, 3.8) is 0 Å². The second kappa shape index (κ2) is 7.44. The van der Waals surface area contributed by atoms with E-state index in [2.05, 4.69) is 28.2 Å². The lowest BCUT2D eigenvalue weighted by Crippen LogP contribution is -2.23. The fourth-order valence-corrected chi connectivity index (χ4v) is 4.29. The zero-order valence-electron chi connectivity index (χ0n) is 15.7. The molecule has 3 aromatic heterocycles. The van der Waals surface area contributed by atoms with Crippen LogP contribution in [0.25, 0.3) is 27.3 Å². The highest BCUT2D eigenvalue weighted by Gasteiger charge is 2.10. The molecule has 6 nitrogen and oxygen atoms in total. The summed E-state index contributed by atoms with van der Waals surface area (Å²) in [6.07, 6.45) is 4.92. The third-order valence-electron chi connectivity index (χ3n) is 4.63. The Morgan fingerprint density at radius 3 is 2.93 bits per heavy atom. The normalized spacial score (nSPS) is 11.6. The standard InChI is InChI=1S/C21H20N4O2S/c1-3-25-17-10-14(12-22-20(17)23-21(25)27)8-9-19(26)24(2)13-16-11-15-6-4-5-7-18(15)28-16/h4-12H,3,13H2,1-2H3,(H,22,23,27)/b9-8+. The minimum absolute atomic E-state index is 0.0838. The van der Waals surface area contributed by atoms with Gasteiger partial charge in [0.2, 0.25) is 5.91 Å². The van der Waals surface area contributed by atoms with Crippen molar-refractivity contribution >= 4 is 44.6 Å². The number of aromatic amines is 1. The summed E-state index contributed by atoms with van der Waals surface area (Å²) in [4.78, 5) is 34.2. The number of nitrogens with zero attached hydrogens (tertiary/aromatic N) is 3. The predicted octanol–water partition coefficient (Wildman–Crippen LogP) is 3.63. The number of hydrogen-bond donors (Lipinski definition) is 1. The number of hydrogen-bond acceptors (Lipinski definition) is 4. The van der Waals surface area contributed by atoms with Gasteiger partial charge >= 0.3 is 5.69 Å². The smallest absolute Gasteiger partial charge is 0.327 e. The number of carbonyl (C=O) groups is 1. The topological polar surface area (TPSA) is 71.0 Å². The number of pyridine rings is 1. The molecule has 0 fully saturated rings. The number of nitrogens with one attached hydrogen (secondary N) is 1. The SMILES string of the molecule is CCn1c(=O)[nH]c2ncc(/C=C/C(=O)N(C)Cc3cc4ccccc4s3)cc21. The van der Waals surface area contributed by atoms with Crippen molar-refractivity contribution in [3.8, 4) is 0 Å². The minimum atomic E-state index is -0.176. The Labute approximate surface area is 165 Å². The molecule has 142 valence electrons. The van der Waals surface area contributed by atoms with E-state index in [4.69, 9.17) is 0 Å². The van der Waals surface area contributed by atoms with Crippen LogP contribution in [0.3, 0.4) is 0 Å². The maximum absolute atomic E-state index is 12.5. The summed E-state index contributed by atoms with van der Waals surface area (Å²) in [5.41, 5.74) is 1.89. The highest BCUT2D eigenvalue weighted by atomic mass is 32.1. The van der Waals surface area contributed by atoms with Gasteiger partial charge < -0.3 is 4.90 Å². The molecule has 4 aromatic rings. The molecule has 1 aromatic carbocycles. The molecule has 0 atom stereocenters. The first-order valence-electron chi connectivity index (χ1n) is 9.04. The van der Waals surface area contributed by atoms with Gasteiger partial charge in [0.1, 0.15) is 0 Å². The van der Waals surface area contributed by atoms with Gasteiger partial charge in [-0.3, -0.25) is 14.3 Å². The van der Waals surface area contributed by atoms with Crippen molar-refractivity contribution in [1.29, 1.82) is 0 Å². The molecule has 0 unspecified atom stereocenters. The first-order chi connectivity index (χ1) is 13.5. The molecule has 28 heavy (non-hydrogen) atoms. The largest absolute Gasteiger partial charge is 0.337 e. The van der Waals surface area contributed by atoms with Crippen LogP contribution in [0.4, 0.5) is 0 Å². The molecule has 4 rings (SSSR count). The highest BCUT2D eigenvalue weighted by molar-refractivity contribution is 7.19. The van der Waals surface area contributed by atoms with Gasteiger partial charge in [-0.2, -0.15) is 0 Å². The van der Waals surface area contributed by atoms with E-state index in [1.165, 1.54) is 16.2 Å². The van der Waals surface area contributed by atoms with Crippen LogP contribution in [-0.4, -0.2) is 32.4 Å². The second-order valence-electron chi connectivity index (χ2n) is 6.59. The number of amides is 1. The number of aromatic nitrogens is 3. The number of fused-ring (bicyclic) bond motifs is 2. The lowest BCUT2D eigenvalue weighted by molar-refractivity contribution is -0.125. The van der Waals surface area contributed by atoms with Gasteiger partial charge in [-0.15, -0.1) is 11.3 Å². The predicted molar refractivity (Wildman–Crippen MR) is 113 cm³/mol. The van der Waals surface area contributed by atoms with Crippen molar-refractivity contribution < 1.29 is 4.79 Å². The molecule has 0 spiro atoms. The molecular weight excluding hydrogens is 372 g/mol. The third kappa shape index (κ3) is 3.48. The Balaban J connectivity index is 1.49. The maximum atomic E-state index is 12.5. The van der Waals surface area contributed by atoms with Crippen LogP contribution in [-0.2, 0) is 17.9 Å². The molecule has 7 heteroatoms. The summed E-state index contributed by atoms with van der Waals surface area (Å²) in [5, 5.41) is 1.20. The van der Waals surface area contributed by atoms with E-state index in [1.807, 2.05) is 25.1 Å². The van der Waals surface area contributed by atoms with E-state index in [-0.39, 0.29) is 11.6 Å². The van der Waals surface area contributed by atoms with Crippen molar-refractivity contribution in [3.05, 3.63) is 69.6 Å². The van der Waals surface area contributed by atoms with Crippen LogP contribution in [0.5, 0.6) is 0 Å². The van der Waals surface area contributed by atoms with Crippen LogP contribution in [0, 0.1) is 0 Å². The van der Waals surface area contributed by atoms with E-state index in [9.17, 15) is 9.59 Å². The van der Waals surface area contributed by atoms with Gasteiger partial charge in [-0.1, -0.05) is 18.2 Å². The van der Waals surface area contributed by atoms with Crippen molar-refractivity contribution in [2.75, 3.05) is 7.05 Å². The average Bonchev–Trinajstić information content (AvgIpc) is 3.24. The van der Waals surface area contributed by atoms with Gasteiger partial charge in [0.05, 0.1) is 12.1 Å². The summed E-state index contributed by atoms with van der Waals surface area (Å²) in [5.74, 6) is -0.0838. The molecule has 0 saturated carbocycles. The van der Waals surface area contributed by atoms with Crippen LogP contribution in [0.1, 0.15) is 17.4 Å². The number of H-pyrrole nitrogens is 1. The molecule has 0 aliphatic carbocycles. The summed E-state index contributed by atoms with van der Waals surface area (Å²) in [6, 6.07) is 12.2. The van der Waals surface area contributed by atoms with Crippen LogP contribution in [0.2, 0.25) is 0 Å². The number of likely N-dealkylation sites (N-methyl/N-ethyl adjacent to an activating group) is 1. The van der Waals surface area contributed by atoms with Gasteiger partial charge in [-0.25, -0.2) is 9.78 Å². The number of imidazole rings is 1. The molecule has 0 aliphatic rings. The van der Waals surface area contributed by atoms with Gasteiger partial charge in [-0.05, 0) is 42.1 Å². The molecule has 1 N–H and O–H groups in total. The maximum Gasteiger partial charge on any atom is 0.327 e. The first-order valence-corrected chi connectivity index (χ1v) is 9.86. The second-order valence-corrected chi connectivity index (χ2v) is 7.76. The molecule has 0 radical (unpaired) electrons. The number of benzene rings is 1. The Morgan fingerprint density at radius 1 is 1.32 bits per heavy atom. The summed E-state index contributed by atoms with van der Waals surface area (Å²) >= 11 is 1.70. The van der Waals surface area contributed by atoms with E-state index >= 15 is 0 Å². The van der Waals surface area contributed by atoms with E-state index in [0.717, 1.165) is 16.0 Å². The molecule has 0 aliphatic heterocycles. The Kier molecular flexibility index (Phi) is 4.83. The molecule has 3 heterocycles. The molecule has 1 amide bonds. The van der Waals surface area contributed by atoms with Crippen molar-refractivity contribution in [1.82, 2.24) is 19.4 Å². The minimum Gasteiger partial charge on any atom is -0.337 e. The quantitative estimate of drug-likeness (QED) is 0.527. The number of aryl methyl sites for hydroxylation is 1. The number of carbonyl (C=O) groups excluding carboxylic acids is 1. The Bertz CT molecular complexity index is 1220. The van der Waals surface area contributed by atoms with E-state index < -0.39 is 0 Å². The molecule has 0 saturated heterocycles. The van der Waals surface area contributed by atoms with E-state index in [1.54, 1.807) is 40.1 Å². The van der Waals surface area contributed by atoms with Crippen LogP contribution >= 0.6 is 11.3 Å². The lowest BCUT2D eigenvalue weighted by atomic mass is 10.2. The fourth-order valence-electron chi connectivity index (χ4n) is 3.18.